The Balaban J connectivity index is 0.00000288. The van der Waals surface area contributed by atoms with Crippen molar-refractivity contribution in [2.24, 2.45) is 10.4 Å². The van der Waals surface area contributed by atoms with Crippen LogP contribution in [0, 0.1) is 5.41 Å². The van der Waals surface area contributed by atoms with Crippen LogP contribution >= 0.6 is 35.6 Å². The molecule has 0 amide bonds. The second-order valence-electron chi connectivity index (χ2n) is 6.19. The van der Waals surface area contributed by atoms with E-state index in [1.54, 1.807) is 7.11 Å². The Labute approximate surface area is 167 Å². The molecule has 1 aliphatic rings. The molecule has 1 fully saturated rings. The summed E-state index contributed by atoms with van der Waals surface area (Å²) in [6, 6.07) is 3.82. The number of aromatic nitrogens is 1. The van der Waals surface area contributed by atoms with Crippen LogP contribution in [0.25, 0.3) is 0 Å². The fourth-order valence-corrected chi connectivity index (χ4v) is 2.99. The van der Waals surface area contributed by atoms with Gasteiger partial charge in [-0.15, -0.1) is 24.0 Å². The fraction of sp³-hybridized carbons (Fsp3) is 0.647. The van der Waals surface area contributed by atoms with E-state index < -0.39 is 0 Å². The highest BCUT2D eigenvalue weighted by atomic mass is 127. The zero-order valence-corrected chi connectivity index (χ0v) is 17.6. The van der Waals surface area contributed by atoms with Crippen molar-refractivity contribution in [3.8, 4) is 0 Å². The van der Waals surface area contributed by atoms with E-state index in [4.69, 9.17) is 16.3 Å². The molecule has 0 aliphatic heterocycles. The molecular weight excluding hydrogens is 439 g/mol. The number of hydrogen-bond donors (Lipinski definition) is 2. The van der Waals surface area contributed by atoms with Gasteiger partial charge in [0.1, 0.15) is 5.15 Å². The first kappa shape index (κ1) is 21.4. The van der Waals surface area contributed by atoms with Crippen molar-refractivity contribution >= 4 is 41.5 Å². The van der Waals surface area contributed by atoms with Crippen LogP contribution in [0.4, 0.5) is 0 Å². The van der Waals surface area contributed by atoms with Gasteiger partial charge >= 0.3 is 0 Å². The van der Waals surface area contributed by atoms with Crippen LogP contribution in [0.5, 0.6) is 0 Å². The highest BCUT2D eigenvalue weighted by molar-refractivity contribution is 14.0. The molecule has 0 bridgehead atoms. The van der Waals surface area contributed by atoms with E-state index >= 15 is 0 Å². The lowest BCUT2D eigenvalue weighted by molar-refractivity contribution is 0.0732. The maximum absolute atomic E-state index is 5.79. The maximum Gasteiger partial charge on any atom is 0.191 e. The van der Waals surface area contributed by atoms with Crippen LogP contribution in [0.1, 0.15) is 31.2 Å². The summed E-state index contributed by atoms with van der Waals surface area (Å²) in [5.74, 6) is 0.857. The average molecular weight is 467 g/mol. The second kappa shape index (κ2) is 11.1. The third kappa shape index (κ3) is 6.72. The van der Waals surface area contributed by atoms with E-state index in [2.05, 4.69) is 20.6 Å². The Hall–Kier alpha value is -0.600. The number of aliphatic imine (C=N–C) groups is 1. The summed E-state index contributed by atoms with van der Waals surface area (Å²) in [6.07, 6.45) is 7.69. The van der Waals surface area contributed by atoms with E-state index in [-0.39, 0.29) is 24.0 Å². The Morgan fingerprint density at radius 2 is 2.17 bits per heavy atom. The first-order valence-electron chi connectivity index (χ1n) is 8.21. The van der Waals surface area contributed by atoms with Crippen molar-refractivity contribution in [2.45, 2.75) is 32.1 Å². The molecule has 0 spiro atoms. The highest BCUT2D eigenvalue weighted by Gasteiger charge is 2.36. The fourth-order valence-electron chi connectivity index (χ4n) is 2.88. The standard InChI is InChI=1S/C17H27ClN4O.HI/c1-19-16(20-10-6-14-4-5-15(18)21-12-14)22-13-17(7-3-8-17)9-11-23-2;/h4-5,12H,3,6-11,13H2,1-2H3,(H2,19,20,22);1H. The monoisotopic (exact) mass is 466 g/mol. The summed E-state index contributed by atoms with van der Waals surface area (Å²) in [7, 11) is 3.58. The van der Waals surface area contributed by atoms with E-state index in [0.717, 1.165) is 44.1 Å². The minimum Gasteiger partial charge on any atom is -0.385 e. The first-order valence-corrected chi connectivity index (χ1v) is 8.59. The number of guanidine groups is 1. The van der Waals surface area contributed by atoms with Gasteiger partial charge in [0.05, 0.1) is 0 Å². The summed E-state index contributed by atoms with van der Waals surface area (Å²) in [5.41, 5.74) is 1.54. The van der Waals surface area contributed by atoms with Crippen molar-refractivity contribution in [1.29, 1.82) is 0 Å². The molecule has 1 aromatic rings. The van der Waals surface area contributed by atoms with Gasteiger partial charge in [0, 0.05) is 40.1 Å². The van der Waals surface area contributed by atoms with Crippen molar-refractivity contribution < 1.29 is 4.74 Å². The molecule has 7 heteroatoms. The molecule has 2 N–H and O–H groups in total. The minimum atomic E-state index is 0. The molecule has 2 rings (SSSR count). The first-order chi connectivity index (χ1) is 11.2. The Morgan fingerprint density at radius 1 is 1.38 bits per heavy atom. The van der Waals surface area contributed by atoms with Gasteiger partial charge in [0.2, 0.25) is 0 Å². The molecule has 5 nitrogen and oxygen atoms in total. The zero-order valence-electron chi connectivity index (χ0n) is 14.5. The molecule has 1 saturated carbocycles. The third-order valence-corrected chi connectivity index (χ3v) is 4.82. The van der Waals surface area contributed by atoms with E-state index in [1.807, 2.05) is 25.4 Å². The lowest BCUT2D eigenvalue weighted by Crippen LogP contribution is -2.47. The molecule has 1 heterocycles. The van der Waals surface area contributed by atoms with E-state index in [0.29, 0.717) is 10.6 Å². The summed E-state index contributed by atoms with van der Waals surface area (Å²) in [6.45, 7) is 2.60. The van der Waals surface area contributed by atoms with Crippen molar-refractivity contribution in [1.82, 2.24) is 15.6 Å². The number of nitrogens with one attached hydrogen (secondary N) is 2. The van der Waals surface area contributed by atoms with Gasteiger partial charge in [0.15, 0.2) is 5.96 Å². The number of rotatable bonds is 8. The van der Waals surface area contributed by atoms with Crippen molar-refractivity contribution in [2.75, 3.05) is 33.9 Å². The van der Waals surface area contributed by atoms with Crippen LogP contribution in [0.2, 0.25) is 5.15 Å². The molecular formula is C17H28ClIN4O. The summed E-state index contributed by atoms with van der Waals surface area (Å²) >= 11 is 5.79. The van der Waals surface area contributed by atoms with E-state index in [9.17, 15) is 0 Å². The largest absolute Gasteiger partial charge is 0.385 e. The molecule has 24 heavy (non-hydrogen) atoms. The lowest BCUT2D eigenvalue weighted by atomic mass is 9.67. The van der Waals surface area contributed by atoms with Gasteiger partial charge in [-0.2, -0.15) is 0 Å². The molecule has 0 saturated heterocycles. The van der Waals surface area contributed by atoms with Crippen LogP contribution in [0.3, 0.4) is 0 Å². The Kier molecular flexibility index (Phi) is 9.92. The normalized spacial score (nSPS) is 16.0. The summed E-state index contributed by atoms with van der Waals surface area (Å²) in [4.78, 5) is 8.39. The predicted molar refractivity (Wildman–Crippen MR) is 111 cm³/mol. The number of hydrogen-bond acceptors (Lipinski definition) is 3. The van der Waals surface area contributed by atoms with Crippen LogP contribution in [0.15, 0.2) is 23.3 Å². The second-order valence-corrected chi connectivity index (χ2v) is 6.58. The number of methoxy groups -OCH3 is 1. The molecule has 0 radical (unpaired) electrons. The van der Waals surface area contributed by atoms with Crippen molar-refractivity contribution in [3.63, 3.8) is 0 Å². The number of halogens is 2. The summed E-state index contributed by atoms with van der Waals surface area (Å²) in [5, 5.41) is 7.35. The minimum absolute atomic E-state index is 0. The van der Waals surface area contributed by atoms with E-state index in [1.165, 1.54) is 19.3 Å². The van der Waals surface area contributed by atoms with Gasteiger partial charge in [-0.3, -0.25) is 4.99 Å². The number of pyridine rings is 1. The lowest BCUT2D eigenvalue weighted by Gasteiger charge is -2.42. The summed E-state index contributed by atoms with van der Waals surface area (Å²) < 4.78 is 5.24. The third-order valence-electron chi connectivity index (χ3n) is 4.60. The Bertz CT molecular complexity index is 506. The Morgan fingerprint density at radius 3 is 2.71 bits per heavy atom. The SMILES string of the molecule is CN=C(NCCc1ccc(Cl)nc1)NCC1(CCOC)CCC1.I. The smallest absolute Gasteiger partial charge is 0.191 e. The van der Waals surface area contributed by atoms with Gasteiger partial charge in [-0.05, 0) is 42.7 Å². The molecule has 1 aromatic heterocycles. The average Bonchev–Trinajstić information content (AvgIpc) is 2.53. The molecule has 0 unspecified atom stereocenters. The maximum atomic E-state index is 5.79. The molecule has 1 aliphatic carbocycles. The zero-order chi connectivity index (χ0) is 16.5. The number of nitrogens with zero attached hydrogens (tertiary/aromatic N) is 2. The van der Waals surface area contributed by atoms with Gasteiger partial charge in [-0.25, -0.2) is 4.98 Å². The number of ether oxygens (including phenoxy) is 1. The van der Waals surface area contributed by atoms with Crippen LogP contribution in [-0.2, 0) is 11.2 Å². The van der Waals surface area contributed by atoms with Crippen molar-refractivity contribution in [3.05, 3.63) is 29.0 Å². The van der Waals surface area contributed by atoms with Gasteiger partial charge in [-0.1, -0.05) is 24.1 Å². The predicted octanol–water partition coefficient (Wildman–Crippen LogP) is 3.27. The highest BCUT2D eigenvalue weighted by Crippen LogP contribution is 2.43. The van der Waals surface area contributed by atoms with Gasteiger partial charge in [0.25, 0.3) is 0 Å². The molecule has 0 aromatic carbocycles. The topological polar surface area (TPSA) is 58.5 Å². The molecule has 136 valence electrons. The quantitative estimate of drug-likeness (QED) is 0.267. The van der Waals surface area contributed by atoms with Crippen LogP contribution in [-0.4, -0.2) is 44.8 Å². The van der Waals surface area contributed by atoms with Crippen LogP contribution < -0.4 is 10.6 Å². The molecule has 0 atom stereocenters. The van der Waals surface area contributed by atoms with Gasteiger partial charge < -0.3 is 15.4 Å².